The monoisotopic (exact) mass is 264 g/mol. The van der Waals surface area contributed by atoms with Crippen molar-refractivity contribution < 1.29 is 9.53 Å². The van der Waals surface area contributed by atoms with E-state index in [1.807, 2.05) is 0 Å². The van der Waals surface area contributed by atoms with Crippen LogP contribution in [0.1, 0.15) is 10.5 Å². The SMILES string of the molecule is COCCNC(=O)c1csc(-c2ncccn2)n1. The van der Waals surface area contributed by atoms with Gasteiger partial charge in [-0.15, -0.1) is 11.3 Å². The zero-order valence-corrected chi connectivity index (χ0v) is 10.6. The number of carbonyl (C=O) groups is 1. The molecule has 0 aliphatic carbocycles. The molecule has 0 saturated heterocycles. The summed E-state index contributed by atoms with van der Waals surface area (Å²) in [4.78, 5) is 24.1. The summed E-state index contributed by atoms with van der Waals surface area (Å²) in [7, 11) is 1.58. The molecule has 0 aliphatic heterocycles. The Hall–Kier alpha value is -1.86. The normalized spacial score (nSPS) is 10.3. The number of aromatic nitrogens is 3. The molecule has 2 aromatic heterocycles. The third kappa shape index (κ3) is 3.08. The standard InChI is InChI=1S/C11H12N4O2S/c1-17-6-5-14-10(16)8-7-18-11(15-8)9-12-3-2-4-13-9/h2-4,7H,5-6H2,1H3,(H,14,16). The second-order valence-corrected chi connectivity index (χ2v) is 4.22. The molecule has 0 aromatic carbocycles. The maximum Gasteiger partial charge on any atom is 0.270 e. The minimum atomic E-state index is -0.217. The second kappa shape index (κ2) is 6.18. The van der Waals surface area contributed by atoms with Crippen LogP contribution in [0.2, 0.25) is 0 Å². The molecule has 2 heterocycles. The van der Waals surface area contributed by atoms with Gasteiger partial charge in [-0.2, -0.15) is 0 Å². The van der Waals surface area contributed by atoms with E-state index in [-0.39, 0.29) is 5.91 Å². The number of nitrogens with one attached hydrogen (secondary N) is 1. The number of rotatable bonds is 5. The highest BCUT2D eigenvalue weighted by atomic mass is 32.1. The Balaban J connectivity index is 2.04. The van der Waals surface area contributed by atoms with Crippen LogP contribution >= 0.6 is 11.3 Å². The van der Waals surface area contributed by atoms with Gasteiger partial charge in [-0.25, -0.2) is 15.0 Å². The first-order chi connectivity index (χ1) is 8.81. The zero-order valence-electron chi connectivity index (χ0n) is 9.79. The topological polar surface area (TPSA) is 77.0 Å². The van der Waals surface area contributed by atoms with E-state index in [0.29, 0.717) is 29.7 Å². The van der Waals surface area contributed by atoms with Crippen LogP contribution in [0.3, 0.4) is 0 Å². The molecule has 0 spiro atoms. The summed E-state index contributed by atoms with van der Waals surface area (Å²) in [5.41, 5.74) is 0.374. The van der Waals surface area contributed by atoms with Gasteiger partial charge in [0.2, 0.25) is 0 Å². The van der Waals surface area contributed by atoms with Gasteiger partial charge in [-0.3, -0.25) is 4.79 Å². The minimum absolute atomic E-state index is 0.217. The van der Waals surface area contributed by atoms with E-state index in [1.165, 1.54) is 11.3 Å². The molecule has 0 fully saturated rings. The van der Waals surface area contributed by atoms with E-state index in [4.69, 9.17) is 4.74 Å². The lowest BCUT2D eigenvalue weighted by atomic mass is 10.4. The summed E-state index contributed by atoms with van der Waals surface area (Å²) in [5, 5.41) is 5.02. The summed E-state index contributed by atoms with van der Waals surface area (Å²) in [6.45, 7) is 0.939. The largest absolute Gasteiger partial charge is 0.383 e. The molecule has 0 aliphatic rings. The molecule has 2 rings (SSSR count). The summed E-state index contributed by atoms with van der Waals surface area (Å²) in [5.74, 6) is 0.309. The van der Waals surface area contributed by atoms with E-state index < -0.39 is 0 Å². The molecule has 18 heavy (non-hydrogen) atoms. The number of hydrogen-bond donors (Lipinski definition) is 1. The van der Waals surface area contributed by atoms with Crippen molar-refractivity contribution in [2.75, 3.05) is 20.3 Å². The van der Waals surface area contributed by atoms with E-state index in [2.05, 4.69) is 20.3 Å². The van der Waals surface area contributed by atoms with Crippen LogP contribution in [0.25, 0.3) is 10.8 Å². The van der Waals surface area contributed by atoms with Crippen LogP contribution in [0.5, 0.6) is 0 Å². The lowest BCUT2D eigenvalue weighted by Gasteiger charge is -2.00. The Labute approximate surface area is 108 Å². The highest BCUT2D eigenvalue weighted by molar-refractivity contribution is 7.13. The van der Waals surface area contributed by atoms with E-state index in [0.717, 1.165) is 0 Å². The predicted molar refractivity (Wildman–Crippen MR) is 67.3 cm³/mol. The van der Waals surface area contributed by atoms with Crippen LogP contribution in [0.15, 0.2) is 23.8 Å². The third-order valence-corrected chi connectivity index (χ3v) is 2.92. The number of thiazole rings is 1. The Bertz CT molecular complexity index is 515. The maximum absolute atomic E-state index is 11.7. The highest BCUT2D eigenvalue weighted by Crippen LogP contribution is 2.19. The quantitative estimate of drug-likeness (QED) is 0.814. The van der Waals surface area contributed by atoms with Gasteiger partial charge >= 0.3 is 0 Å². The fraction of sp³-hybridized carbons (Fsp3) is 0.273. The van der Waals surface area contributed by atoms with Crippen molar-refractivity contribution in [3.63, 3.8) is 0 Å². The van der Waals surface area contributed by atoms with Crippen LogP contribution in [-0.2, 0) is 4.74 Å². The summed E-state index contributed by atoms with van der Waals surface area (Å²) in [6.07, 6.45) is 3.28. The van der Waals surface area contributed by atoms with Gasteiger partial charge in [0.15, 0.2) is 10.8 Å². The molecule has 94 valence electrons. The number of ether oxygens (including phenoxy) is 1. The van der Waals surface area contributed by atoms with E-state index in [9.17, 15) is 4.79 Å². The summed E-state index contributed by atoms with van der Waals surface area (Å²) >= 11 is 1.34. The van der Waals surface area contributed by atoms with E-state index in [1.54, 1.807) is 30.9 Å². The van der Waals surface area contributed by atoms with Gasteiger partial charge in [0.25, 0.3) is 5.91 Å². The van der Waals surface area contributed by atoms with Gasteiger partial charge in [0, 0.05) is 31.4 Å². The molecule has 7 heteroatoms. The molecule has 1 N–H and O–H groups in total. The summed E-state index contributed by atoms with van der Waals surface area (Å²) < 4.78 is 4.85. The lowest BCUT2D eigenvalue weighted by molar-refractivity contribution is 0.0933. The first-order valence-corrected chi connectivity index (χ1v) is 6.19. The Morgan fingerprint density at radius 3 is 2.94 bits per heavy atom. The molecule has 1 amide bonds. The maximum atomic E-state index is 11.7. The van der Waals surface area contributed by atoms with Gasteiger partial charge in [-0.05, 0) is 6.07 Å². The molecule has 6 nitrogen and oxygen atoms in total. The van der Waals surface area contributed by atoms with Crippen LogP contribution in [-0.4, -0.2) is 41.1 Å². The Kier molecular flexibility index (Phi) is 4.32. The minimum Gasteiger partial charge on any atom is -0.383 e. The van der Waals surface area contributed by atoms with Crippen LogP contribution in [0.4, 0.5) is 0 Å². The molecule has 0 unspecified atom stereocenters. The predicted octanol–water partition coefficient (Wildman–Crippen LogP) is 0.976. The number of hydrogen-bond acceptors (Lipinski definition) is 6. The summed E-state index contributed by atoms with van der Waals surface area (Å²) in [6, 6.07) is 1.73. The Morgan fingerprint density at radius 2 is 2.22 bits per heavy atom. The molecule has 0 saturated carbocycles. The number of amides is 1. The van der Waals surface area contributed by atoms with Crippen molar-refractivity contribution in [1.82, 2.24) is 20.3 Å². The zero-order chi connectivity index (χ0) is 12.8. The van der Waals surface area contributed by atoms with Crippen molar-refractivity contribution in [1.29, 1.82) is 0 Å². The smallest absolute Gasteiger partial charge is 0.270 e. The third-order valence-electron chi connectivity index (χ3n) is 2.09. The van der Waals surface area contributed by atoms with Crippen molar-refractivity contribution in [2.24, 2.45) is 0 Å². The average molecular weight is 264 g/mol. The van der Waals surface area contributed by atoms with E-state index >= 15 is 0 Å². The second-order valence-electron chi connectivity index (χ2n) is 3.36. The van der Waals surface area contributed by atoms with Gasteiger partial charge < -0.3 is 10.1 Å². The van der Waals surface area contributed by atoms with Gasteiger partial charge in [0.1, 0.15) is 5.69 Å². The fourth-order valence-corrected chi connectivity index (χ4v) is 1.99. The van der Waals surface area contributed by atoms with Crippen molar-refractivity contribution in [3.05, 3.63) is 29.5 Å². The van der Waals surface area contributed by atoms with Crippen LogP contribution in [0, 0.1) is 0 Å². The van der Waals surface area contributed by atoms with Crippen LogP contribution < -0.4 is 5.32 Å². The Morgan fingerprint density at radius 1 is 1.44 bits per heavy atom. The molecule has 2 aromatic rings. The molecule has 0 radical (unpaired) electrons. The lowest BCUT2D eigenvalue weighted by Crippen LogP contribution is -2.27. The van der Waals surface area contributed by atoms with Crippen molar-refractivity contribution in [3.8, 4) is 10.8 Å². The molecule has 0 bridgehead atoms. The first-order valence-electron chi connectivity index (χ1n) is 5.31. The van der Waals surface area contributed by atoms with Crippen molar-refractivity contribution >= 4 is 17.2 Å². The average Bonchev–Trinajstić information content (AvgIpc) is 2.89. The highest BCUT2D eigenvalue weighted by Gasteiger charge is 2.12. The number of methoxy groups -OCH3 is 1. The molecular formula is C11H12N4O2S. The van der Waals surface area contributed by atoms with Crippen molar-refractivity contribution in [2.45, 2.75) is 0 Å². The molecule has 0 atom stereocenters. The first kappa shape index (κ1) is 12.6. The van der Waals surface area contributed by atoms with Gasteiger partial charge in [0.05, 0.1) is 6.61 Å². The fourth-order valence-electron chi connectivity index (χ4n) is 1.25. The number of nitrogens with zero attached hydrogens (tertiary/aromatic N) is 3. The number of carbonyl (C=O) groups excluding carboxylic acids is 1. The molecular weight excluding hydrogens is 252 g/mol. The van der Waals surface area contributed by atoms with Gasteiger partial charge in [-0.1, -0.05) is 0 Å².